The normalized spacial score (nSPS) is 15.7. The molecule has 9 heteroatoms. The lowest BCUT2D eigenvalue weighted by molar-refractivity contribution is -0.117. The lowest BCUT2D eigenvalue weighted by Gasteiger charge is -2.26. The molecule has 2 heterocycles. The summed E-state index contributed by atoms with van der Waals surface area (Å²) in [6.45, 7) is 4.21. The van der Waals surface area contributed by atoms with Gasteiger partial charge in [-0.1, -0.05) is 6.07 Å². The van der Waals surface area contributed by atoms with E-state index >= 15 is 0 Å². The van der Waals surface area contributed by atoms with Crippen LogP contribution >= 0.6 is 11.3 Å². The Kier molecular flexibility index (Phi) is 6.84. The van der Waals surface area contributed by atoms with Gasteiger partial charge in [0, 0.05) is 25.3 Å². The Labute approximate surface area is 170 Å². The molecule has 0 spiro atoms. The third-order valence-electron chi connectivity index (χ3n) is 4.54. The highest BCUT2D eigenvalue weighted by molar-refractivity contribution is 7.89. The smallest absolute Gasteiger partial charge is 0.243 e. The van der Waals surface area contributed by atoms with Crippen LogP contribution in [-0.4, -0.2) is 63.4 Å². The zero-order chi connectivity index (χ0) is 20.1. The summed E-state index contributed by atoms with van der Waals surface area (Å²) in [6.07, 6.45) is 0. The van der Waals surface area contributed by atoms with E-state index in [2.05, 4.69) is 10.7 Å². The summed E-state index contributed by atoms with van der Waals surface area (Å²) < 4.78 is 32.3. The molecule has 28 heavy (non-hydrogen) atoms. The van der Waals surface area contributed by atoms with E-state index in [0.29, 0.717) is 38.5 Å². The van der Waals surface area contributed by atoms with E-state index in [1.165, 1.54) is 10.4 Å². The molecule has 1 aromatic heterocycles. The fourth-order valence-corrected chi connectivity index (χ4v) is 5.11. The van der Waals surface area contributed by atoms with Crippen molar-refractivity contribution in [2.45, 2.75) is 18.4 Å². The zero-order valence-electron chi connectivity index (χ0n) is 16.1. The zero-order valence-corrected chi connectivity index (χ0v) is 17.7. The molecule has 1 aliphatic rings. The Morgan fingerprint density at radius 2 is 2.04 bits per heavy atom. The minimum Gasteiger partial charge on any atom is -0.379 e. The number of carbonyl (C=O) groups excluding carboxylic acids is 1. The largest absolute Gasteiger partial charge is 0.379 e. The number of hydrogen-bond acceptors (Lipinski definition) is 6. The number of morpholine rings is 1. The van der Waals surface area contributed by atoms with Crippen LogP contribution in [0.25, 0.3) is 0 Å². The molecular formula is C19H25N3O4S2. The number of likely N-dealkylation sites (N-methyl/N-ethyl adjacent to an activating group) is 1. The van der Waals surface area contributed by atoms with Gasteiger partial charge < -0.3 is 10.1 Å². The van der Waals surface area contributed by atoms with E-state index in [-0.39, 0.29) is 17.3 Å². The Balaban J connectivity index is 1.68. The van der Waals surface area contributed by atoms with Crippen LogP contribution in [0.2, 0.25) is 0 Å². The van der Waals surface area contributed by atoms with E-state index in [0.717, 1.165) is 11.1 Å². The number of aryl methyl sites for hydroxylation is 1. The van der Waals surface area contributed by atoms with Crippen molar-refractivity contribution in [1.29, 1.82) is 0 Å². The molecule has 1 aromatic carbocycles. The Bertz CT molecular complexity index is 907. The first-order chi connectivity index (χ1) is 13.4. The van der Waals surface area contributed by atoms with E-state index in [1.54, 1.807) is 23.5 Å². The van der Waals surface area contributed by atoms with Crippen molar-refractivity contribution in [2.24, 2.45) is 0 Å². The van der Waals surface area contributed by atoms with Gasteiger partial charge in [0.2, 0.25) is 15.9 Å². The molecule has 1 fully saturated rings. The van der Waals surface area contributed by atoms with Gasteiger partial charge in [-0.05, 0) is 54.1 Å². The Morgan fingerprint density at radius 1 is 1.29 bits per heavy atom. The van der Waals surface area contributed by atoms with Gasteiger partial charge in [0.05, 0.1) is 24.7 Å². The van der Waals surface area contributed by atoms with Crippen LogP contribution in [-0.2, 0) is 26.1 Å². The van der Waals surface area contributed by atoms with Crippen LogP contribution in [0.15, 0.2) is 39.9 Å². The second-order valence-electron chi connectivity index (χ2n) is 6.85. The first-order valence-corrected chi connectivity index (χ1v) is 11.4. The molecule has 3 rings (SSSR count). The van der Waals surface area contributed by atoms with Crippen molar-refractivity contribution < 1.29 is 17.9 Å². The Hall–Kier alpha value is -1.78. The third-order valence-corrected chi connectivity index (χ3v) is 7.16. The average molecular weight is 424 g/mol. The lowest BCUT2D eigenvalue weighted by Crippen LogP contribution is -2.40. The molecule has 0 unspecified atom stereocenters. The number of anilines is 1. The summed E-state index contributed by atoms with van der Waals surface area (Å²) in [5.74, 6) is -0.179. The maximum atomic E-state index is 12.8. The van der Waals surface area contributed by atoms with Crippen molar-refractivity contribution >= 4 is 33.0 Å². The monoisotopic (exact) mass is 423 g/mol. The molecule has 0 radical (unpaired) electrons. The van der Waals surface area contributed by atoms with Crippen LogP contribution in [0.1, 0.15) is 11.1 Å². The molecule has 1 saturated heterocycles. The predicted octanol–water partition coefficient (Wildman–Crippen LogP) is 2.15. The molecule has 0 bridgehead atoms. The summed E-state index contributed by atoms with van der Waals surface area (Å²) in [4.78, 5) is 14.5. The number of sulfonamides is 1. The summed E-state index contributed by atoms with van der Waals surface area (Å²) in [5.41, 5.74) is 2.49. The van der Waals surface area contributed by atoms with Gasteiger partial charge in [0.1, 0.15) is 0 Å². The lowest BCUT2D eigenvalue weighted by atomic mass is 10.2. The number of hydrogen-bond donors (Lipinski definition) is 1. The molecule has 1 aliphatic heterocycles. The van der Waals surface area contributed by atoms with E-state index in [1.807, 2.05) is 30.3 Å². The summed E-state index contributed by atoms with van der Waals surface area (Å²) in [7, 11) is -1.72. The Morgan fingerprint density at radius 3 is 2.71 bits per heavy atom. The molecule has 0 saturated carbocycles. The van der Waals surface area contributed by atoms with Crippen LogP contribution in [0.3, 0.4) is 0 Å². The number of thiophene rings is 1. The number of carbonyl (C=O) groups is 1. The predicted molar refractivity (Wildman–Crippen MR) is 110 cm³/mol. The van der Waals surface area contributed by atoms with Crippen molar-refractivity contribution in [3.63, 3.8) is 0 Å². The number of nitrogens with one attached hydrogen (secondary N) is 1. The van der Waals surface area contributed by atoms with Crippen LogP contribution in [0, 0.1) is 6.92 Å². The molecule has 152 valence electrons. The highest BCUT2D eigenvalue weighted by Gasteiger charge is 2.26. The fraction of sp³-hybridized carbons (Fsp3) is 0.421. The van der Waals surface area contributed by atoms with Gasteiger partial charge in [0.25, 0.3) is 0 Å². The minimum absolute atomic E-state index is 0.179. The standard InChI is InChI=1S/C19H25N3O4S2/c1-15-3-4-17(28(24,25)22-6-8-26-9-7-22)11-18(15)20-19(23)13-21(2)12-16-5-10-27-14-16/h3-5,10-11,14H,6-9,12-13H2,1-2H3,(H,20,23). The van der Waals surface area contributed by atoms with Crippen molar-refractivity contribution in [2.75, 3.05) is 45.2 Å². The molecule has 2 aromatic rings. The van der Waals surface area contributed by atoms with Gasteiger partial charge in [-0.15, -0.1) is 0 Å². The average Bonchev–Trinajstić information content (AvgIpc) is 3.16. The van der Waals surface area contributed by atoms with Gasteiger partial charge >= 0.3 is 0 Å². The van der Waals surface area contributed by atoms with E-state index in [4.69, 9.17) is 4.74 Å². The van der Waals surface area contributed by atoms with E-state index < -0.39 is 10.0 Å². The van der Waals surface area contributed by atoms with Gasteiger partial charge in [-0.25, -0.2) is 8.42 Å². The van der Waals surface area contributed by atoms with Crippen LogP contribution in [0.4, 0.5) is 5.69 Å². The topological polar surface area (TPSA) is 79.0 Å². The molecule has 7 nitrogen and oxygen atoms in total. The van der Waals surface area contributed by atoms with Crippen LogP contribution in [0.5, 0.6) is 0 Å². The molecular weight excluding hydrogens is 398 g/mol. The first kappa shape index (κ1) is 20.9. The maximum Gasteiger partial charge on any atom is 0.243 e. The highest BCUT2D eigenvalue weighted by atomic mass is 32.2. The number of amides is 1. The summed E-state index contributed by atoms with van der Waals surface area (Å²) in [5, 5.41) is 6.91. The summed E-state index contributed by atoms with van der Waals surface area (Å²) in [6, 6.07) is 6.87. The first-order valence-electron chi connectivity index (χ1n) is 9.04. The van der Waals surface area contributed by atoms with Crippen molar-refractivity contribution in [3.05, 3.63) is 46.2 Å². The molecule has 1 N–H and O–H groups in total. The third kappa shape index (κ3) is 5.18. The van der Waals surface area contributed by atoms with Gasteiger partial charge in [-0.3, -0.25) is 9.69 Å². The van der Waals surface area contributed by atoms with Gasteiger partial charge in [-0.2, -0.15) is 15.6 Å². The fourth-order valence-electron chi connectivity index (χ4n) is 3.02. The maximum absolute atomic E-state index is 12.8. The number of benzene rings is 1. The number of nitrogens with zero attached hydrogens (tertiary/aromatic N) is 2. The highest BCUT2D eigenvalue weighted by Crippen LogP contribution is 2.23. The SMILES string of the molecule is Cc1ccc(S(=O)(=O)N2CCOCC2)cc1NC(=O)CN(C)Cc1ccsc1. The molecule has 0 aliphatic carbocycles. The molecule has 0 atom stereocenters. The number of ether oxygens (including phenoxy) is 1. The quantitative estimate of drug-likeness (QED) is 0.738. The van der Waals surface area contributed by atoms with Gasteiger partial charge in [0.15, 0.2) is 0 Å². The second kappa shape index (κ2) is 9.15. The summed E-state index contributed by atoms with van der Waals surface area (Å²) >= 11 is 1.62. The minimum atomic E-state index is -3.60. The number of rotatable bonds is 7. The van der Waals surface area contributed by atoms with Crippen molar-refractivity contribution in [3.8, 4) is 0 Å². The second-order valence-corrected chi connectivity index (χ2v) is 9.56. The van der Waals surface area contributed by atoms with E-state index in [9.17, 15) is 13.2 Å². The van der Waals surface area contributed by atoms with Crippen LogP contribution < -0.4 is 5.32 Å². The van der Waals surface area contributed by atoms with Crippen molar-refractivity contribution in [1.82, 2.24) is 9.21 Å². The molecule has 1 amide bonds.